The standard InChI is InChI=1S/C14H21N3O3/c1-4-6-8-19-9-7-15-14-16-10-12(11(3)17-14)13(18)20-5-2/h4,10H,1,5-9H2,2-3H3,(H,15,16,17). The lowest BCUT2D eigenvalue weighted by atomic mass is 10.2. The van der Waals surface area contributed by atoms with E-state index in [4.69, 9.17) is 9.47 Å². The van der Waals surface area contributed by atoms with Crippen LogP contribution in [0.3, 0.4) is 0 Å². The Balaban J connectivity index is 2.43. The van der Waals surface area contributed by atoms with Crippen LogP contribution in [0.2, 0.25) is 0 Å². The molecule has 0 spiro atoms. The zero-order valence-electron chi connectivity index (χ0n) is 12.0. The molecule has 1 aromatic heterocycles. The fourth-order valence-corrected chi connectivity index (χ4v) is 1.47. The molecule has 0 saturated carbocycles. The van der Waals surface area contributed by atoms with Gasteiger partial charge in [-0.1, -0.05) is 6.08 Å². The van der Waals surface area contributed by atoms with Crippen molar-refractivity contribution in [2.24, 2.45) is 0 Å². The summed E-state index contributed by atoms with van der Waals surface area (Å²) >= 11 is 0. The minimum Gasteiger partial charge on any atom is -0.462 e. The van der Waals surface area contributed by atoms with E-state index >= 15 is 0 Å². The lowest BCUT2D eigenvalue weighted by Crippen LogP contribution is -2.14. The van der Waals surface area contributed by atoms with Gasteiger partial charge in [0.05, 0.1) is 31.1 Å². The Hall–Kier alpha value is -1.95. The maximum Gasteiger partial charge on any atom is 0.341 e. The maximum atomic E-state index is 11.6. The van der Waals surface area contributed by atoms with Gasteiger partial charge in [0.25, 0.3) is 0 Å². The van der Waals surface area contributed by atoms with Crippen molar-refractivity contribution in [3.63, 3.8) is 0 Å². The van der Waals surface area contributed by atoms with Crippen molar-refractivity contribution in [3.8, 4) is 0 Å². The molecule has 0 unspecified atom stereocenters. The van der Waals surface area contributed by atoms with Crippen molar-refractivity contribution in [2.75, 3.05) is 31.7 Å². The van der Waals surface area contributed by atoms with E-state index in [0.29, 0.717) is 43.6 Å². The van der Waals surface area contributed by atoms with Gasteiger partial charge in [0.1, 0.15) is 0 Å². The van der Waals surface area contributed by atoms with Crippen molar-refractivity contribution >= 4 is 11.9 Å². The molecule has 1 aromatic rings. The van der Waals surface area contributed by atoms with E-state index in [1.165, 1.54) is 6.20 Å². The van der Waals surface area contributed by atoms with Crippen molar-refractivity contribution in [2.45, 2.75) is 20.3 Å². The highest BCUT2D eigenvalue weighted by Crippen LogP contribution is 2.08. The number of ether oxygens (including phenoxy) is 2. The van der Waals surface area contributed by atoms with E-state index in [9.17, 15) is 4.79 Å². The molecule has 20 heavy (non-hydrogen) atoms. The largest absolute Gasteiger partial charge is 0.462 e. The van der Waals surface area contributed by atoms with Gasteiger partial charge >= 0.3 is 5.97 Å². The number of esters is 1. The van der Waals surface area contributed by atoms with Gasteiger partial charge in [-0.25, -0.2) is 14.8 Å². The van der Waals surface area contributed by atoms with Crippen molar-refractivity contribution in [1.82, 2.24) is 9.97 Å². The smallest absolute Gasteiger partial charge is 0.341 e. The number of nitrogens with zero attached hydrogens (tertiary/aromatic N) is 2. The summed E-state index contributed by atoms with van der Waals surface area (Å²) in [7, 11) is 0. The monoisotopic (exact) mass is 279 g/mol. The Morgan fingerprint density at radius 2 is 2.30 bits per heavy atom. The summed E-state index contributed by atoms with van der Waals surface area (Å²) in [6.45, 7) is 9.29. The maximum absolute atomic E-state index is 11.6. The average molecular weight is 279 g/mol. The number of hydrogen-bond acceptors (Lipinski definition) is 6. The molecule has 1 N–H and O–H groups in total. The number of aromatic nitrogens is 2. The number of hydrogen-bond donors (Lipinski definition) is 1. The minimum absolute atomic E-state index is 0.334. The summed E-state index contributed by atoms with van der Waals surface area (Å²) < 4.78 is 10.3. The van der Waals surface area contributed by atoms with Crippen LogP contribution in [0, 0.1) is 6.92 Å². The molecule has 0 atom stereocenters. The second kappa shape index (κ2) is 9.03. The molecule has 6 heteroatoms. The highest BCUT2D eigenvalue weighted by molar-refractivity contribution is 5.90. The van der Waals surface area contributed by atoms with Crippen LogP contribution in [0.15, 0.2) is 18.9 Å². The molecule has 1 rings (SSSR count). The molecular weight excluding hydrogens is 258 g/mol. The van der Waals surface area contributed by atoms with E-state index in [2.05, 4.69) is 21.9 Å². The zero-order chi connectivity index (χ0) is 14.8. The molecular formula is C14H21N3O3. The Kier molecular flexibility index (Phi) is 7.27. The molecule has 0 bridgehead atoms. The Labute approximate surface area is 119 Å². The van der Waals surface area contributed by atoms with Crippen LogP contribution in [-0.2, 0) is 9.47 Å². The molecule has 0 aliphatic rings. The topological polar surface area (TPSA) is 73.3 Å². The summed E-state index contributed by atoms with van der Waals surface area (Å²) in [6.07, 6.45) is 4.12. The summed E-state index contributed by atoms with van der Waals surface area (Å²) in [5.41, 5.74) is 0.980. The predicted octanol–water partition coefficient (Wildman–Crippen LogP) is 1.97. The summed E-state index contributed by atoms with van der Waals surface area (Å²) in [5.74, 6) is 0.0761. The van der Waals surface area contributed by atoms with E-state index in [-0.39, 0.29) is 0 Å². The molecule has 6 nitrogen and oxygen atoms in total. The number of carbonyl (C=O) groups is 1. The first-order chi connectivity index (χ1) is 9.69. The molecule has 1 heterocycles. The van der Waals surface area contributed by atoms with Crippen molar-refractivity contribution < 1.29 is 14.3 Å². The molecule has 0 aromatic carbocycles. The lowest BCUT2D eigenvalue weighted by molar-refractivity contribution is 0.0524. The quantitative estimate of drug-likeness (QED) is 0.423. The van der Waals surface area contributed by atoms with Crippen LogP contribution in [0.25, 0.3) is 0 Å². The van der Waals surface area contributed by atoms with Gasteiger partial charge in [0.2, 0.25) is 5.95 Å². The Morgan fingerprint density at radius 3 is 2.95 bits per heavy atom. The lowest BCUT2D eigenvalue weighted by Gasteiger charge is -2.08. The Morgan fingerprint density at radius 1 is 1.50 bits per heavy atom. The Bertz CT molecular complexity index is 449. The van der Waals surface area contributed by atoms with Crippen LogP contribution in [0.1, 0.15) is 29.4 Å². The third kappa shape index (κ3) is 5.36. The number of nitrogens with one attached hydrogen (secondary N) is 1. The van der Waals surface area contributed by atoms with Gasteiger partial charge in [-0.05, 0) is 20.3 Å². The highest BCUT2D eigenvalue weighted by Gasteiger charge is 2.12. The molecule has 0 saturated heterocycles. The fraction of sp³-hybridized carbons (Fsp3) is 0.500. The minimum atomic E-state index is -0.399. The first-order valence-corrected chi connectivity index (χ1v) is 6.62. The molecule has 0 aliphatic heterocycles. The van der Waals surface area contributed by atoms with Gasteiger partial charge in [-0.3, -0.25) is 0 Å². The second-order valence-corrected chi connectivity index (χ2v) is 4.03. The van der Waals surface area contributed by atoms with E-state index in [1.807, 2.05) is 6.08 Å². The van der Waals surface area contributed by atoms with Gasteiger partial charge in [0, 0.05) is 12.7 Å². The summed E-state index contributed by atoms with van der Waals surface area (Å²) in [4.78, 5) is 19.9. The highest BCUT2D eigenvalue weighted by atomic mass is 16.5. The number of aryl methyl sites for hydroxylation is 1. The zero-order valence-corrected chi connectivity index (χ0v) is 12.0. The number of rotatable bonds is 9. The van der Waals surface area contributed by atoms with Gasteiger partial charge in [-0.2, -0.15) is 0 Å². The second-order valence-electron chi connectivity index (χ2n) is 4.03. The van der Waals surface area contributed by atoms with Crippen molar-refractivity contribution in [1.29, 1.82) is 0 Å². The van der Waals surface area contributed by atoms with Gasteiger partial charge < -0.3 is 14.8 Å². The van der Waals surface area contributed by atoms with E-state index < -0.39 is 5.97 Å². The summed E-state index contributed by atoms with van der Waals surface area (Å²) in [5, 5.41) is 3.04. The third-order valence-corrected chi connectivity index (χ3v) is 2.47. The van der Waals surface area contributed by atoms with Crippen molar-refractivity contribution in [3.05, 3.63) is 30.1 Å². The molecule has 0 fully saturated rings. The van der Waals surface area contributed by atoms with Crippen LogP contribution < -0.4 is 5.32 Å². The summed E-state index contributed by atoms with van der Waals surface area (Å²) in [6, 6.07) is 0. The predicted molar refractivity (Wildman–Crippen MR) is 76.8 cm³/mol. The molecule has 110 valence electrons. The molecule has 0 aliphatic carbocycles. The molecule has 0 radical (unpaired) electrons. The number of anilines is 1. The fourth-order valence-electron chi connectivity index (χ4n) is 1.47. The molecule has 0 amide bonds. The first kappa shape index (κ1) is 16.1. The number of carbonyl (C=O) groups excluding carboxylic acids is 1. The SMILES string of the molecule is C=CCCOCCNc1ncc(C(=O)OCC)c(C)n1. The first-order valence-electron chi connectivity index (χ1n) is 6.62. The van der Waals surface area contributed by atoms with Crippen LogP contribution in [0.4, 0.5) is 5.95 Å². The van der Waals surface area contributed by atoms with E-state index in [0.717, 1.165) is 6.42 Å². The van der Waals surface area contributed by atoms with Gasteiger partial charge in [-0.15, -0.1) is 6.58 Å². The average Bonchev–Trinajstić information content (AvgIpc) is 2.43. The third-order valence-electron chi connectivity index (χ3n) is 2.47. The van der Waals surface area contributed by atoms with Crippen LogP contribution in [0.5, 0.6) is 0 Å². The van der Waals surface area contributed by atoms with Crippen LogP contribution in [-0.4, -0.2) is 42.3 Å². The normalized spacial score (nSPS) is 10.1. The van der Waals surface area contributed by atoms with E-state index in [1.54, 1.807) is 13.8 Å². The van der Waals surface area contributed by atoms with Crippen LogP contribution >= 0.6 is 0 Å². The van der Waals surface area contributed by atoms with Gasteiger partial charge in [0.15, 0.2) is 0 Å².